The molecule has 0 saturated carbocycles. The van der Waals surface area contributed by atoms with Gasteiger partial charge in [0.2, 0.25) is 5.95 Å². The Hall–Kier alpha value is -1.63. The van der Waals surface area contributed by atoms with Crippen LogP contribution < -0.4 is 4.90 Å². The molecule has 1 unspecified atom stereocenters. The molecule has 0 N–H and O–H groups in total. The van der Waals surface area contributed by atoms with Crippen LogP contribution in [0.1, 0.15) is 45.6 Å². The largest absolute Gasteiger partial charge is 0.341 e. The van der Waals surface area contributed by atoms with Crippen molar-refractivity contribution in [2.45, 2.75) is 45.4 Å². The third kappa shape index (κ3) is 3.44. The molecule has 1 aliphatic heterocycles. The fraction of sp³-hybridized carbons (Fsp3) is 0.667. The molecule has 0 aromatic carbocycles. The van der Waals surface area contributed by atoms with E-state index < -0.39 is 0 Å². The minimum atomic E-state index is 0.0871. The zero-order valence-corrected chi connectivity index (χ0v) is 12.1. The topological polar surface area (TPSA) is 52.8 Å². The normalized spacial score (nSPS) is 20.1. The van der Waals surface area contributed by atoms with Gasteiger partial charge in [-0.3, -0.25) is 0 Å². The van der Waals surface area contributed by atoms with Crippen LogP contribution in [-0.2, 0) is 5.41 Å². The summed E-state index contributed by atoms with van der Waals surface area (Å²) in [5, 5.41) is 8.80. The van der Waals surface area contributed by atoms with Gasteiger partial charge < -0.3 is 4.90 Å². The fourth-order valence-electron chi connectivity index (χ4n) is 2.41. The van der Waals surface area contributed by atoms with Crippen molar-refractivity contribution >= 4 is 5.95 Å². The summed E-state index contributed by atoms with van der Waals surface area (Å²) in [4.78, 5) is 11.2. The molecule has 102 valence electrons. The minimum Gasteiger partial charge on any atom is -0.341 e. The van der Waals surface area contributed by atoms with Crippen molar-refractivity contribution in [2.24, 2.45) is 5.92 Å². The Morgan fingerprint density at radius 2 is 2.05 bits per heavy atom. The van der Waals surface area contributed by atoms with Gasteiger partial charge in [-0.25, -0.2) is 9.97 Å². The highest BCUT2D eigenvalue weighted by Crippen LogP contribution is 2.24. The van der Waals surface area contributed by atoms with Crippen LogP contribution in [0.15, 0.2) is 12.4 Å². The molecule has 1 saturated heterocycles. The van der Waals surface area contributed by atoms with Crippen molar-refractivity contribution < 1.29 is 0 Å². The molecule has 1 aliphatic rings. The van der Waals surface area contributed by atoms with Gasteiger partial charge in [0.25, 0.3) is 0 Å². The summed E-state index contributed by atoms with van der Waals surface area (Å²) in [6, 6.07) is 2.27. The van der Waals surface area contributed by atoms with Crippen LogP contribution >= 0.6 is 0 Å². The summed E-state index contributed by atoms with van der Waals surface area (Å²) < 4.78 is 0. The first-order chi connectivity index (χ1) is 9.00. The van der Waals surface area contributed by atoms with E-state index in [0.717, 1.165) is 37.4 Å². The molecule has 4 heteroatoms. The van der Waals surface area contributed by atoms with E-state index in [1.165, 1.54) is 0 Å². The molecule has 0 spiro atoms. The molecule has 1 aromatic rings. The van der Waals surface area contributed by atoms with Crippen LogP contribution in [0.4, 0.5) is 5.95 Å². The number of anilines is 1. The Bertz CT molecular complexity index is 453. The number of piperidine rings is 1. The lowest BCUT2D eigenvalue weighted by Gasteiger charge is -2.32. The average molecular weight is 258 g/mol. The van der Waals surface area contributed by atoms with E-state index in [4.69, 9.17) is 5.26 Å². The fourth-order valence-corrected chi connectivity index (χ4v) is 2.41. The second kappa shape index (κ2) is 5.56. The maximum atomic E-state index is 8.80. The molecule has 1 fully saturated rings. The summed E-state index contributed by atoms with van der Waals surface area (Å²) in [6.07, 6.45) is 6.75. The van der Waals surface area contributed by atoms with E-state index in [1.54, 1.807) is 0 Å². The third-order valence-corrected chi connectivity index (χ3v) is 3.69. The van der Waals surface area contributed by atoms with Gasteiger partial charge in [0.1, 0.15) is 0 Å². The number of nitrogens with zero attached hydrogens (tertiary/aromatic N) is 4. The SMILES string of the molecule is CC(C)(C)c1cnc(N2CCCC(CC#N)C2)nc1. The third-order valence-electron chi connectivity index (χ3n) is 3.69. The first-order valence-electron chi connectivity index (χ1n) is 6.95. The molecular weight excluding hydrogens is 236 g/mol. The lowest BCUT2D eigenvalue weighted by molar-refractivity contribution is 0.417. The van der Waals surface area contributed by atoms with Gasteiger partial charge in [-0.2, -0.15) is 5.26 Å². The molecular formula is C15H22N4. The average Bonchev–Trinajstić information content (AvgIpc) is 2.39. The van der Waals surface area contributed by atoms with E-state index in [2.05, 4.69) is 41.7 Å². The Morgan fingerprint density at radius 1 is 1.37 bits per heavy atom. The predicted octanol–water partition coefficient (Wildman–Crippen LogP) is 2.90. The number of rotatable bonds is 2. The van der Waals surface area contributed by atoms with Crippen molar-refractivity contribution in [1.29, 1.82) is 5.26 Å². The van der Waals surface area contributed by atoms with Gasteiger partial charge in [-0.15, -0.1) is 0 Å². The molecule has 0 bridgehead atoms. The standard InChI is InChI=1S/C15H22N4/c1-15(2,3)13-9-17-14(18-10-13)19-8-4-5-12(11-19)6-7-16/h9-10,12H,4-6,8,11H2,1-3H3. The van der Waals surface area contributed by atoms with Crippen LogP contribution in [0.5, 0.6) is 0 Å². The van der Waals surface area contributed by atoms with Crippen molar-refractivity contribution in [1.82, 2.24) is 9.97 Å². The highest BCUT2D eigenvalue weighted by Gasteiger charge is 2.22. The summed E-state index contributed by atoms with van der Waals surface area (Å²) in [5.41, 5.74) is 1.24. The van der Waals surface area contributed by atoms with Crippen molar-refractivity contribution in [3.8, 4) is 6.07 Å². The number of nitriles is 1. The molecule has 19 heavy (non-hydrogen) atoms. The van der Waals surface area contributed by atoms with Crippen LogP contribution in [0, 0.1) is 17.2 Å². The second-order valence-corrected chi connectivity index (χ2v) is 6.34. The summed E-state index contributed by atoms with van der Waals surface area (Å²) in [6.45, 7) is 8.39. The zero-order valence-electron chi connectivity index (χ0n) is 12.1. The van der Waals surface area contributed by atoms with Crippen molar-refractivity contribution in [3.05, 3.63) is 18.0 Å². The number of hydrogen-bond donors (Lipinski definition) is 0. The summed E-state index contributed by atoms with van der Waals surface area (Å²) in [7, 11) is 0. The van der Waals surface area contributed by atoms with Gasteiger partial charge in [-0.05, 0) is 29.7 Å². The van der Waals surface area contributed by atoms with E-state index in [9.17, 15) is 0 Å². The predicted molar refractivity (Wildman–Crippen MR) is 75.9 cm³/mol. The number of aromatic nitrogens is 2. The molecule has 2 rings (SSSR count). The van der Waals surface area contributed by atoms with Gasteiger partial charge in [0.05, 0.1) is 6.07 Å². The van der Waals surface area contributed by atoms with Gasteiger partial charge in [-0.1, -0.05) is 20.8 Å². The lowest BCUT2D eigenvalue weighted by atomic mass is 9.89. The minimum absolute atomic E-state index is 0.0871. The molecule has 0 amide bonds. The summed E-state index contributed by atoms with van der Waals surface area (Å²) in [5.74, 6) is 1.26. The van der Waals surface area contributed by atoms with Crippen LogP contribution in [0.2, 0.25) is 0 Å². The zero-order chi connectivity index (χ0) is 13.9. The van der Waals surface area contributed by atoms with Gasteiger partial charge in [0.15, 0.2) is 0 Å². The Morgan fingerprint density at radius 3 is 2.63 bits per heavy atom. The van der Waals surface area contributed by atoms with E-state index in [-0.39, 0.29) is 5.41 Å². The summed E-state index contributed by atoms with van der Waals surface area (Å²) >= 11 is 0. The first-order valence-corrected chi connectivity index (χ1v) is 6.95. The number of hydrogen-bond acceptors (Lipinski definition) is 4. The maximum Gasteiger partial charge on any atom is 0.225 e. The molecule has 4 nitrogen and oxygen atoms in total. The van der Waals surface area contributed by atoms with Gasteiger partial charge >= 0.3 is 0 Å². The second-order valence-electron chi connectivity index (χ2n) is 6.34. The van der Waals surface area contributed by atoms with Crippen molar-refractivity contribution in [3.63, 3.8) is 0 Å². The van der Waals surface area contributed by atoms with Crippen LogP contribution in [0.3, 0.4) is 0 Å². The first kappa shape index (κ1) is 13.8. The quantitative estimate of drug-likeness (QED) is 0.818. The molecule has 1 atom stereocenters. The van der Waals surface area contributed by atoms with Crippen LogP contribution in [-0.4, -0.2) is 23.1 Å². The smallest absolute Gasteiger partial charge is 0.225 e. The monoisotopic (exact) mass is 258 g/mol. The molecule has 1 aromatic heterocycles. The molecule has 2 heterocycles. The lowest BCUT2D eigenvalue weighted by Crippen LogP contribution is -2.36. The highest BCUT2D eigenvalue weighted by molar-refractivity contribution is 5.32. The van der Waals surface area contributed by atoms with E-state index in [1.807, 2.05) is 12.4 Å². The Kier molecular flexibility index (Phi) is 4.04. The van der Waals surface area contributed by atoms with E-state index in [0.29, 0.717) is 12.3 Å². The highest BCUT2D eigenvalue weighted by atomic mass is 15.2. The van der Waals surface area contributed by atoms with Crippen molar-refractivity contribution in [2.75, 3.05) is 18.0 Å². The molecule has 0 aliphatic carbocycles. The maximum absolute atomic E-state index is 8.80. The Balaban J connectivity index is 2.08. The Labute approximate surface area is 115 Å². The van der Waals surface area contributed by atoms with Gasteiger partial charge in [0, 0.05) is 31.9 Å². The molecule has 0 radical (unpaired) electrons. The van der Waals surface area contributed by atoms with Crippen LogP contribution in [0.25, 0.3) is 0 Å². The van der Waals surface area contributed by atoms with E-state index >= 15 is 0 Å².